The van der Waals surface area contributed by atoms with Crippen molar-refractivity contribution in [2.45, 2.75) is 27.7 Å². The number of anilines is 1. The summed E-state index contributed by atoms with van der Waals surface area (Å²) in [6.45, 7) is 7.38. The molecule has 0 spiro atoms. The maximum Gasteiger partial charge on any atom is 0.231 e. The molecule has 1 heterocycles. The van der Waals surface area contributed by atoms with Gasteiger partial charge < -0.3 is 10.6 Å². The van der Waals surface area contributed by atoms with E-state index in [1.165, 1.54) is 0 Å². The molecule has 0 fully saturated rings. The molecule has 0 unspecified atom stereocenters. The Morgan fingerprint density at radius 2 is 2.00 bits per heavy atom. The molecule has 0 aliphatic rings. The molecule has 92 valence electrons. The van der Waals surface area contributed by atoms with Crippen molar-refractivity contribution in [2.75, 3.05) is 5.32 Å². The van der Waals surface area contributed by atoms with E-state index < -0.39 is 5.41 Å². The Bertz CT molecular complexity index is 438. The van der Waals surface area contributed by atoms with Gasteiger partial charge in [-0.25, -0.2) is 4.98 Å². The van der Waals surface area contributed by atoms with E-state index in [1.54, 1.807) is 6.07 Å². The molecule has 5 heteroatoms. The maximum atomic E-state index is 11.7. The zero-order valence-corrected chi connectivity index (χ0v) is 11.3. The lowest BCUT2D eigenvalue weighted by atomic mass is 9.96. The normalized spacial score (nSPS) is 10.8. The average molecular weight is 251 g/mol. The number of hydrogen-bond donors (Lipinski definition) is 2. The Morgan fingerprint density at radius 3 is 2.53 bits per heavy atom. The van der Waals surface area contributed by atoms with Gasteiger partial charge in [-0.05, 0) is 31.3 Å². The number of thiocarbonyl (C=S) groups is 1. The number of hydrogen-bond acceptors (Lipinski definition) is 3. The monoisotopic (exact) mass is 251 g/mol. The Kier molecular flexibility index (Phi) is 4.17. The van der Waals surface area contributed by atoms with Crippen molar-refractivity contribution >= 4 is 29.1 Å². The molecule has 0 aliphatic heterocycles. The van der Waals surface area contributed by atoms with Crippen LogP contribution in [0.4, 0.5) is 5.82 Å². The second-order valence-electron chi connectivity index (χ2n) is 4.82. The number of amides is 1. The summed E-state index contributed by atoms with van der Waals surface area (Å²) < 4.78 is 0. The fourth-order valence-electron chi connectivity index (χ4n) is 1.05. The highest BCUT2D eigenvalue weighted by Crippen LogP contribution is 2.12. The molecule has 1 aromatic rings. The Balaban J connectivity index is 2.59. The third kappa shape index (κ3) is 4.48. The van der Waals surface area contributed by atoms with Crippen molar-refractivity contribution in [1.29, 1.82) is 0 Å². The summed E-state index contributed by atoms with van der Waals surface area (Å²) in [6, 6.07) is 5.56. The summed E-state index contributed by atoms with van der Waals surface area (Å²) in [5.41, 5.74) is 0.422. The van der Waals surface area contributed by atoms with Crippen molar-refractivity contribution in [3.05, 3.63) is 23.9 Å². The number of carbonyl (C=O) groups excluding carboxylic acids is 1. The Hall–Kier alpha value is -1.49. The van der Waals surface area contributed by atoms with Crippen LogP contribution < -0.4 is 10.6 Å². The van der Waals surface area contributed by atoms with Gasteiger partial charge in [0.2, 0.25) is 5.91 Å². The molecule has 0 aliphatic carbocycles. The topological polar surface area (TPSA) is 54.0 Å². The first-order valence-electron chi connectivity index (χ1n) is 5.35. The van der Waals surface area contributed by atoms with E-state index in [2.05, 4.69) is 15.6 Å². The van der Waals surface area contributed by atoms with Gasteiger partial charge in [-0.2, -0.15) is 0 Å². The highest BCUT2D eigenvalue weighted by atomic mass is 32.1. The fourth-order valence-corrected chi connectivity index (χ4v) is 1.25. The minimum atomic E-state index is -0.466. The van der Waals surface area contributed by atoms with E-state index in [9.17, 15) is 4.79 Å². The second kappa shape index (κ2) is 5.23. The molecule has 1 amide bonds. The third-order valence-corrected chi connectivity index (χ3v) is 2.24. The van der Waals surface area contributed by atoms with Gasteiger partial charge in [0.05, 0.1) is 0 Å². The average Bonchev–Trinajstić information content (AvgIpc) is 2.15. The predicted octanol–water partition coefficient (Wildman–Crippen LogP) is 2.25. The molecule has 0 bridgehead atoms. The number of nitrogens with zero attached hydrogens (tertiary/aromatic N) is 1. The van der Waals surface area contributed by atoms with Crippen LogP contribution in [0.3, 0.4) is 0 Å². The SMILES string of the molecule is Cc1cccc(NC(=S)NC(=O)C(C)(C)C)n1. The summed E-state index contributed by atoms with van der Waals surface area (Å²) in [5.74, 6) is 0.506. The quantitative estimate of drug-likeness (QED) is 0.752. The van der Waals surface area contributed by atoms with Gasteiger partial charge in [0.25, 0.3) is 0 Å². The first-order valence-corrected chi connectivity index (χ1v) is 5.76. The molecule has 1 rings (SSSR count). The van der Waals surface area contributed by atoms with Gasteiger partial charge in [-0.15, -0.1) is 0 Å². The van der Waals surface area contributed by atoms with Crippen LogP contribution in [0.2, 0.25) is 0 Å². The lowest BCUT2D eigenvalue weighted by Crippen LogP contribution is -2.41. The lowest BCUT2D eigenvalue weighted by Gasteiger charge is -2.18. The number of rotatable bonds is 1. The van der Waals surface area contributed by atoms with E-state index in [1.807, 2.05) is 39.8 Å². The third-order valence-electron chi connectivity index (χ3n) is 2.04. The molecule has 0 saturated heterocycles. The minimum Gasteiger partial charge on any atom is -0.317 e. The van der Waals surface area contributed by atoms with E-state index in [-0.39, 0.29) is 11.0 Å². The van der Waals surface area contributed by atoms with Crippen molar-refractivity contribution in [3.63, 3.8) is 0 Å². The zero-order valence-electron chi connectivity index (χ0n) is 10.5. The van der Waals surface area contributed by atoms with Crippen LogP contribution >= 0.6 is 12.2 Å². The van der Waals surface area contributed by atoms with E-state index >= 15 is 0 Å². The van der Waals surface area contributed by atoms with Crippen LogP contribution in [-0.4, -0.2) is 16.0 Å². The summed E-state index contributed by atoms with van der Waals surface area (Å²) >= 11 is 5.04. The predicted molar refractivity (Wildman–Crippen MR) is 72.8 cm³/mol. The largest absolute Gasteiger partial charge is 0.317 e. The number of aromatic nitrogens is 1. The van der Waals surface area contributed by atoms with Crippen molar-refractivity contribution in [1.82, 2.24) is 10.3 Å². The van der Waals surface area contributed by atoms with Gasteiger partial charge in [-0.3, -0.25) is 4.79 Å². The smallest absolute Gasteiger partial charge is 0.231 e. The molecule has 2 N–H and O–H groups in total. The fraction of sp³-hybridized carbons (Fsp3) is 0.417. The summed E-state index contributed by atoms with van der Waals surface area (Å²) in [5, 5.41) is 5.77. The highest BCUT2D eigenvalue weighted by Gasteiger charge is 2.21. The number of pyridine rings is 1. The second-order valence-corrected chi connectivity index (χ2v) is 5.23. The highest BCUT2D eigenvalue weighted by molar-refractivity contribution is 7.80. The standard InChI is InChI=1S/C12H17N3OS/c1-8-6-5-7-9(13-8)14-11(17)15-10(16)12(2,3)4/h5-7H,1-4H3,(H2,13,14,15,16,17). The van der Waals surface area contributed by atoms with E-state index in [0.717, 1.165) is 5.69 Å². The molecule has 0 radical (unpaired) electrons. The van der Waals surface area contributed by atoms with E-state index in [0.29, 0.717) is 5.82 Å². The van der Waals surface area contributed by atoms with Gasteiger partial charge in [-0.1, -0.05) is 26.8 Å². The van der Waals surface area contributed by atoms with Crippen molar-refractivity contribution in [3.8, 4) is 0 Å². The van der Waals surface area contributed by atoms with Crippen LogP contribution in [0.1, 0.15) is 26.5 Å². The number of nitrogens with one attached hydrogen (secondary N) is 2. The molecule has 0 atom stereocenters. The molecule has 0 aromatic carbocycles. The zero-order chi connectivity index (χ0) is 13.1. The summed E-state index contributed by atoms with van der Waals surface area (Å²) in [7, 11) is 0. The number of aryl methyl sites for hydroxylation is 1. The van der Waals surface area contributed by atoms with Gasteiger partial charge in [0, 0.05) is 11.1 Å². The molecule has 4 nitrogen and oxygen atoms in total. The molecular weight excluding hydrogens is 234 g/mol. The van der Waals surface area contributed by atoms with Crippen molar-refractivity contribution < 1.29 is 4.79 Å². The van der Waals surface area contributed by atoms with E-state index in [4.69, 9.17) is 12.2 Å². The van der Waals surface area contributed by atoms with Crippen LogP contribution in [0.5, 0.6) is 0 Å². The number of carbonyl (C=O) groups is 1. The van der Waals surface area contributed by atoms with Gasteiger partial charge in [0.1, 0.15) is 5.82 Å². The maximum absolute atomic E-state index is 11.7. The van der Waals surface area contributed by atoms with Crippen LogP contribution in [0.15, 0.2) is 18.2 Å². The molecule has 17 heavy (non-hydrogen) atoms. The first kappa shape index (κ1) is 13.6. The summed E-state index contributed by atoms with van der Waals surface area (Å²) in [4.78, 5) is 15.9. The Labute approximate surface area is 107 Å². The molecule has 1 aromatic heterocycles. The molecular formula is C12H17N3OS. The van der Waals surface area contributed by atoms with Gasteiger partial charge in [0.15, 0.2) is 5.11 Å². The van der Waals surface area contributed by atoms with Crippen LogP contribution in [0.25, 0.3) is 0 Å². The van der Waals surface area contributed by atoms with Crippen LogP contribution in [0, 0.1) is 12.3 Å². The minimum absolute atomic E-state index is 0.123. The lowest BCUT2D eigenvalue weighted by molar-refractivity contribution is -0.126. The molecule has 0 saturated carbocycles. The Morgan fingerprint density at radius 1 is 1.35 bits per heavy atom. The van der Waals surface area contributed by atoms with Gasteiger partial charge >= 0.3 is 0 Å². The first-order chi connectivity index (χ1) is 7.79. The van der Waals surface area contributed by atoms with Crippen molar-refractivity contribution in [2.24, 2.45) is 5.41 Å². The summed E-state index contributed by atoms with van der Waals surface area (Å²) in [6.07, 6.45) is 0. The van der Waals surface area contributed by atoms with Crippen LogP contribution in [-0.2, 0) is 4.79 Å².